The van der Waals surface area contributed by atoms with Crippen LogP contribution in [0.5, 0.6) is 0 Å². The summed E-state index contributed by atoms with van der Waals surface area (Å²) in [5, 5.41) is 22.9. The minimum Gasteiger partial charge on any atom is -0.480 e. The summed E-state index contributed by atoms with van der Waals surface area (Å²) in [5.74, 6) is -0.942. The molecule has 3 N–H and O–H groups in total. The van der Waals surface area contributed by atoms with E-state index in [-0.39, 0.29) is 5.69 Å². The fourth-order valence-corrected chi connectivity index (χ4v) is 2.49. The third-order valence-electron chi connectivity index (χ3n) is 3.54. The van der Waals surface area contributed by atoms with Gasteiger partial charge in [-0.15, -0.1) is 0 Å². The number of nitrogens with one attached hydrogen (secondary N) is 2. The van der Waals surface area contributed by atoms with Crippen LogP contribution in [-0.2, 0) is 11.2 Å². The third-order valence-corrected chi connectivity index (χ3v) is 3.54. The lowest BCUT2D eigenvalue weighted by Gasteiger charge is -2.28. The molecule has 8 nitrogen and oxygen atoms in total. The summed E-state index contributed by atoms with van der Waals surface area (Å²) in [7, 11) is 0. The number of hydrogen-bond donors (Lipinski definition) is 3. The van der Waals surface area contributed by atoms with Gasteiger partial charge in [-0.2, -0.15) is 0 Å². The lowest BCUT2D eigenvalue weighted by Crippen LogP contribution is -2.45. The highest BCUT2D eigenvalue weighted by molar-refractivity contribution is 5.74. The number of aromatic nitrogens is 2. The Bertz CT molecular complexity index is 694. The monoisotopic (exact) mass is 288 g/mol. The highest BCUT2D eigenvalue weighted by atomic mass is 16.6. The van der Waals surface area contributed by atoms with Crippen molar-refractivity contribution in [1.82, 2.24) is 15.3 Å². The normalized spacial score (nSPS) is 20.8. The molecule has 3 rings (SSSR count). The molecule has 2 aromatic rings. The van der Waals surface area contributed by atoms with Crippen LogP contribution >= 0.6 is 0 Å². The smallest absolute Gasteiger partial charge is 0.321 e. The van der Waals surface area contributed by atoms with Gasteiger partial charge in [-0.25, -0.2) is 4.98 Å². The maximum atomic E-state index is 11.2. The Hall–Kier alpha value is -2.74. The van der Waals surface area contributed by atoms with Crippen LogP contribution in [0, 0.1) is 10.1 Å². The van der Waals surface area contributed by atoms with E-state index in [0.717, 1.165) is 17.0 Å². The molecular weight excluding hydrogens is 276 g/mol. The number of carboxylic acids is 1. The van der Waals surface area contributed by atoms with Crippen molar-refractivity contribution >= 4 is 11.7 Å². The first-order valence-corrected chi connectivity index (χ1v) is 6.31. The maximum absolute atomic E-state index is 11.2. The Morgan fingerprint density at radius 1 is 1.38 bits per heavy atom. The van der Waals surface area contributed by atoms with Crippen molar-refractivity contribution in [1.29, 1.82) is 0 Å². The minimum atomic E-state index is -0.942. The van der Waals surface area contributed by atoms with Crippen molar-refractivity contribution in [3.05, 3.63) is 57.7 Å². The SMILES string of the molecule is O=C(O)[C@@H]1Cc2[nH]cnc2[C@H](c2ccc([N+](=O)[O-])cc2)N1. The molecule has 0 saturated heterocycles. The average molecular weight is 288 g/mol. The van der Waals surface area contributed by atoms with E-state index in [9.17, 15) is 20.0 Å². The minimum absolute atomic E-state index is 0.00778. The topological polar surface area (TPSA) is 121 Å². The highest BCUT2D eigenvalue weighted by Crippen LogP contribution is 2.29. The van der Waals surface area contributed by atoms with Gasteiger partial charge in [0.15, 0.2) is 0 Å². The van der Waals surface area contributed by atoms with Gasteiger partial charge in [0.2, 0.25) is 0 Å². The van der Waals surface area contributed by atoms with E-state index in [0.29, 0.717) is 6.42 Å². The van der Waals surface area contributed by atoms with Crippen LogP contribution in [-0.4, -0.2) is 32.0 Å². The summed E-state index contributed by atoms with van der Waals surface area (Å²) in [6, 6.07) is 4.89. The number of imidazole rings is 1. The Balaban J connectivity index is 1.97. The van der Waals surface area contributed by atoms with E-state index in [1.165, 1.54) is 18.5 Å². The molecule has 108 valence electrons. The van der Waals surface area contributed by atoms with Crippen molar-refractivity contribution in [3.8, 4) is 0 Å². The van der Waals surface area contributed by atoms with E-state index in [1.807, 2.05) is 0 Å². The molecule has 1 aliphatic rings. The molecule has 0 bridgehead atoms. The van der Waals surface area contributed by atoms with Crippen molar-refractivity contribution < 1.29 is 14.8 Å². The molecule has 2 heterocycles. The van der Waals surface area contributed by atoms with Crippen molar-refractivity contribution in [2.75, 3.05) is 0 Å². The number of non-ortho nitro benzene ring substituents is 1. The first-order valence-electron chi connectivity index (χ1n) is 6.31. The van der Waals surface area contributed by atoms with Gasteiger partial charge in [0, 0.05) is 24.2 Å². The molecule has 0 spiro atoms. The van der Waals surface area contributed by atoms with E-state index in [1.54, 1.807) is 12.1 Å². The second-order valence-corrected chi connectivity index (χ2v) is 4.81. The third kappa shape index (κ3) is 2.36. The fraction of sp³-hybridized carbons (Fsp3) is 0.231. The van der Waals surface area contributed by atoms with Gasteiger partial charge in [0.1, 0.15) is 6.04 Å². The molecule has 1 aliphatic heterocycles. The Kier molecular flexibility index (Phi) is 3.15. The number of H-pyrrole nitrogens is 1. The Morgan fingerprint density at radius 2 is 2.10 bits per heavy atom. The maximum Gasteiger partial charge on any atom is 0.321 e. The molecule has 1 aromatic heterocycles. The Morgan fingerprint density at radius 3 is 2.71 bits per heavy atom. The molecule has 21 heavy (non-hydrogen) atoms. The standard InChI is InChI=1S/C13H12N4O4/c18-13(19)10-5-9-12(15-6-14-9)11(16-10)7-1-3-8(4-2-7)17(20)21/h1-4,6,10-11,16H,5H2,(H,14,15)(H,18,19)/t10-,11-/m0/s1. The summed E-state index contributed by atoms with van der Waals surface area (Å²) in [6.45, 7) is 0. The number of nitro groups is 1. The number of nitro benzene ring substituents is 1. The van der Waals surface area contributed by atoms with Crippen molar-refractivity contribution in [2.45, 2.75) is 18.5 Å². The van der Waals surface area contributed by atoms with Crippen LogP contribution in [0.2, 0.25) is 0 Å². The summed E-state index contributed by atoms with van der Waals surface area (Å²) >= 11 is 0. The number of carboxylic acid groups (broad SMARTS) is 1. The summed E-state index contributed by atoms with van der Waals surface area (Å²) in [4.78, 5) is 28.6. The molecule has 0 aliphatic carbocycles. The predicted octanol–water partition coefficient (Wildman–Crippen LogP) is 1.01. The fourth-order valence-electron chi connectivity index (χ4n) is 2.49. The van der Waals surface area contributed by atoms with Crippen LogP contribution < -0.4 is 5.32 Å². The molecule has 0 saturated carbocycles. The highest BCUT2D eigenvalue weighted by Gasteiger charge is 2.33. The van der Waals surface area contributed by atoms with Crippen molar-refractivity contribution in [2.24, 2.45) is 0 Å². The number of carbonyl (C=O) groups is 1. The summed E-state index contributed by atoms with van der Waals surface area (Å²) in [5.41, 5.74) is 2.22. The molecule has 2 atom stereocenters. The van der Waals surface area contributed by atoms with Crippen molar-refractivity contribution in [3.63, 3.8) is 0 Å². The molecule has 0 fully saturated rings. The first-order chi connectivity index (χ1) is 10.1. The number of fused-ring (bicyclic) bond motifs is 1. The second kappa shape index (κ2) is 4.98. The number of rotatable bonds is 3. The molecule has 0 radical (unpaired) electrons. The zero-order chi connectivity index (χ0) is 15.0. The van der Waals surface area contributed by atoms with Crippen LogP contribution in [0.15, 0.2) is 30.6 Å². The molecule has 8 heteroatoms. The van der Waals surface area contributed by atoms with Crippen LogP contribution in [0.1, 0.15) is 23.0 Å². The van der Waals surface area contributed by atoms with Crippen LogP contribution in [0.4, 0.5) is 5.69 Å². The number of benzene rings is 1. The van der Waals surface area contributed by atoms with Gasteiger partial charge in [-0.1, -0.05) is 12.1 Å². The molecular formula is C13H12N4O4. The van der Waals surface area contributed by atoms with E-state index < -0.39 is 23.0 Å². The lowest BCUT2D eigenvalue weighted by molar-refractivity contribution is -0.384. The molecule has 0 amide bonds. The zero-order valence-electron chi connectivity index (χ0n) is 10.8. The number of hydrogen-bond acceptors (Lipinski definition) is 5. The van der Waals surface area contributed by atoms with E-state index in [4.69, 9.17) is 0 Å². The number of aromatic amines is 1. The van der Waals surface area contributed by atoms with Gasteiger partial charge < -0.3 is 10.1 Å². The van der Waals surface area contributed by atoms with Gasteiger partial charge in [-0.05, 0) is 5.56 Å². The predicted molar refractivity (Wildman–Crippen MR) is 71.8 cm³/mol. The summed E-state index contributed by atoms with van der Waals surface area (Å²) in [6.07, 6.45) is 1.85. The summed E-state index contributed by atoms with van der Waals surface area (Å²) < 4.78 is 0. The van der Waals surface area contributed by atoms with E-state index in [2.05, 4.69) is 15.3 Å². The van der Waals surface area contributed by atoms with Gasteiger partial charge in [-0.3, -0.25) is 20.2 Å². The number of nitrogens with zero attached hydrogens (tertiary/aromatic N) is 2. The largest absolute Gasteiger partial charge is 0.480 e. The van der Waals surface area contributed by atoms with Crippen LogP contribution in [0.25, 0.3) is 0 Å². The second-order valence-electron chi connectivity index (χ2n) is 4.81. The van der Waals surface area contributed by atoms with Crippen LogP contribution in [0.3, 0.4) is 0 Å². The average Bonchev–Trinajstić information content (AvgIpc) is 2.94. The number of aliphatic carboxylic acids is 1. The molecule has 1 aromatic carbocycles. The zero-order valence-corrected chi connectivity index (χ0v) is 10.8. The quantitative estimate of drug-likeness (QED) is 0.572. The lowest BCUT2D eigenvalue weighted by atomic mass is 9.94. The molecule has 0 unspecified atom stereocenters. The van der Waals surface area contributed by atoms with Gasteiger partial charge in [0.25, 0.3) is 5.69 Å². The van der Waals surface area contributed by atoms with Gasteiger partial charge in [0.05, 0.1) is 23.0 Å². The van der Waals surface area contributed by atoms with Gasteiger partial charge >= 0.3 is 5.97 Å². The first kappa shape index (κ1) is 13.3. The Labute approximate surface area is 119 Å². The van der Waals surface area contributed by atoms with E-state index >= 15 is 0 Å².